The highest BCUT2D eigenvalue weighted by Crippen LogP contribution is 2.41. The fourth-order valence-corrected chi connectivity index (χ4v) is 2.79. The molecule has 146 valence electrons. The molecule has 11 heteroatoms. The van der Waals surface area contributed by atoms with E-state index in [0.29, 0.717) is 12.0 Å². The minimum Gasteiger partial charge on any atom is -0.417 e. The number of nitrogens with zero attached hydrogens (tertiary/aromatic N) is 1. The molecule has 2 atom stereocenters. The van der Waals surface area contributed by atoms with E-state index in [-0.39, 0.29) is 25.3 Å². The number of alkyl halides is 5. The third kappa shape index (κ3) is 4.93. The smallest absolute Gasteiger partial charge is 0.417 e. The van der Waals surface area contributed by atoms with Crippen LogP contribution in [0.3, 0.4) is 0 Å². The van der Waals surface area contributed by atoms with Gasteiger partial charge >= 0.3 is 18.8 Å². The van der Waals surface area contributed by atoms with Crippen LogP contribution in [0.2, 0.25) is 0 Å². The van der Waals surface area contributed by atoms with E-state index in [9.17, 15) is 31.9 Å². The van der Waals surface area contributed by atoms with Gasteiger partial charge in [0, 0.05) is 18.8 Å². The minimum absolute atomic E-state index is 0.00887. The molecule has 0 saturated heterocycles. The van der Waals surface area contributed by atoms with E-state index in [1.807, 2.05) is 0 Å². The Morgan fingerprint density at radius 2 is 2.15 bits per heavy atom. The number of ether oxygens (including phenoxy) is 1. The van der Waals surface area contributed by atoms with E-state index in [1.54, 1.807) is 0 Å². The van der Waals surface area contributed by atoms with E-state index in [4.69, 9.17) is 0 Å². The number of hydrogen-bond donors (Lipinski definition) is 3. The summed E-state index contributed by atoms with van der Waals surface area (Å²) in [6.07, 6.45) is -3.51. The monoisotopic (exact) mass is 383 g/mol. The molecule has 2 unspecified atom stereocenters. The third-order valence-corrected chi connectivity index (χ3v) is 4.14. The van der Waals surface area contributed by atoms with Crippen LogP contribution in [-0.4, -0.2) is 40.6 Å². The van der Waals surface area contributed by atoms with Gasteiger partial charge in [0.05, 0.1) is 6.04 Å². The Balaban J connectivity index is 1.94. The van der Waals surface area contributed by atoms with E-state index < -0.39 is 36.9 Å². The molecule has 0 bridgehead atoms. The number of pyridine rings is 1. The number of carbonyl (C=O) groups is 1. The Morgan fingerprint density at radius 3 is 2.81 bits per heavy atom. The van der Waals surface area contributed by atoms with Crippen LogP contribution in [0.15, 0.2) is 18.3 Å². The molecule has 1 aliphatic rings. The largest absolute Gasteiger partial charge is 0.419 e. The average Bonchev–Trinajstić information content (AvgIpc) is 2.54. The van der Waals surface area contributed by atoms with Crippen molar-refractivity contribution in [1.29, 1.82) is 0 Å². The van der Waals surface area contributed by atoms with Crippen molar-refractivity contribution in [1.82, 2.24) is 15.6 Å². The first-order valence-electron chi connectivity index (χ1n) is 7.85. The summed E-state index contributed by atoms with van der Waals surface area (Å²) >= 11 is 0. The minimum atomic E-state index is -4.86. The first-order valence-corrected chi connectivity index (χ1v) is 7.85. The van der Waals surface area contributed by atoms with Gasteiger partial charge in [-0.05, 0) is 24.5 Å². The molecule has 2 rings (SSSR count). The van der Waals surface area contributed by atoms with Gasteiger partial charge in [-0.25, -0.2) is 9.78 Å². The number of rotatable bonds is 5. The Hall–Kier alpha value is -2.17. The van der Waals surface area contributed by atoms with Crippen molar-refractivity contribution >= 4 is 6.03 Å². The highest BCUT2D eigenvalue weighted by atomic mass is 19.4. The SMILES string of the molecule is O=C(NCc1ccnc(OC(F)F)c1)NC1CCCCC1(O)C(F)(F)F. The summed E-state index contributed by atoms with van der Waals surface area (Å²) in [5, 5.41) is 14.4. The Kier molecular flexibility index (Phi) is 6.21. The van der Waals surface area contributed by atoms with Crippen LogP contribution < -0.4 is 15.4 Å². The van der Waals surface area contributed by atoms with Gasteiger partial charge in [-0.2, -0.15) is 22.0 Å². The first-order chi connectivity index (χ1) is 12.1. The van der Waals surface area contributed by atoms with Crippen LogP contribution in [-0.2, 0) is 6.54 Å². The van der Waals surface area contributed by atoms with Crippen molar-refractivity contribution in [2.45, 2.75) is 56.7 Å². The molecule has 3 N–H and O–H groups in total. The summed E-state index contributed by atoms with van der Waals surface area (Å²) in [7, 11) is 0. The summed E-state index contributed by atoms with van der Waals surface area (Å²) in [5.41, 5.74) is -2.61. The van der Waals surface area contributed by atoms with Gasteiger partial charge in [-0.1, -0.05) is 12.8 Å². The standard InChI is InChI=1S/C15H18F5N3O3/c16-12(17)26-11-7-9(4-6-21-11)8-22-13(24)23-10-3-1-2-5-14(10,25)15(18,19)20/h4,6-7,10,12,25H,1-3,5,8H2,(H2,22,23,24). The zero-order chi connectivity index (χ0) is 19.4. The number of nitrogens with one attached hydrogen (secondary N) is 2. The van der Waals surface area contributed by atoms with Gasteiger partial charge in [0.2, 0.25) is 5.88 Å². The summed E-state index contributed by atoms with van der Waals surface area (Å²) in [6, 6.07) is 0.212. The molecule has 1 aliphatic carbocycles. The molecule has 0 aromatic carbocycles. The summed E-state index contributed by atoms with van der Waals surface area (Å²) in [5.74, 6) is -0.349. The molecule has 0 radical (unpaired) electrons. The normalized spacial score (nSPS) is 23.6. The maximum atomic E-state index is 13.1. The predicted octanol–water partition coefficient (Wildman–Crippen LogP) is 2.72. The number of aliphatic hydroxyl groups is 1. The van der Waals surface area contributed by atoms with Gasteiger partial charge in [0.1, 0.15) is 0 Å². The topological polar surface area (TPSA) is 83.5 Å². The van der Waals surface area contributed by atoms with E-state index in [0.717, 1.165) is 0 Å². The Bertz CT molecular complexity index is 629. The molecule has 1 aromatic rings. The number of urea groups is 1. The lowest BCUT2D eigenvalue weighted by Crippen LogP contribution is -2.63. The molecule has 0 aliphatic heterocycles. The van der Waals surface area contributed by atoms with Gasteiger partial charge < -0.3 is 20.5 Å². The second-order valence-electron chi connectivity index (χ2n) is 5.93. The molecule has 1 aromatic heterocycles. The highest BCUT2D eigenvalue weighted by molar-refractivity contribution is 5.74. The van der Waals surface area contributed by atoms with Crippen LogP contribution in [0.25, 0.3) is 0 Å². The zero-order valence-corrected chi connectivity index (χ0v) is 13.5. The van der Waals surface area contributed by atoms with Crippen molar-refractivity contribution in [2.24, 2.45) is 0 Å². The first kappa shape index (κ1) is 20.1. The number of amides is 2. The van der Waals surface area contributed by atoms with Crippen LogP contribution in [0.1, 0.15) is 31.2 Å². The average molecular weight is 383 g/mol. The van der Waals surface area contributed by atoms with Crippen molar-refractivity contribution in [3.8, 4) is 5.88 Å². The quantitative estimate of drug-likeness (QED) is 0.683. The molecule has 1 heterocycles. The van der Waals surface area contributed by atoms with Gasteiger partial charge in [-0.15, -0.1) is 0 Å². The van der Waals surface area contributed by atoms with E-state index in [2.05, 4.69) is 20.4 Å². The summed E-state index contributed by atoms with van der Waals surface area (Å²) < 4.78 is 67.8. The van der Waals surface area contributed by atoms with Crippen LogP contribution >= 0.6 is 0 Å². The number of halogens is 5. The third-order valence-electron chi connectivity index (χ3n) is 4.14. The maximum absolute atomic E-state index is 13.1. The molecule has 0 spiro atoms. The lowest BCUT2D eigenvalue weighted by Gasteiger charge is -2.41. The van der Waals surface area contributed by atoms with Gasteiger partial charge in [0.25, 0.3) is 0 Å². The highest BCUT2D eigenvalue weighted by Gasteiger charge is 2.59. The zero-order valence-electron chi connectivity index (χ0n) is 13.5. The fourth-order valence-electron chi connectivity index (χ4n) is 2.79. The lowest BCUT2D eigenvalue weighted by atomic mass is 9.80. The molecule has 1 saturated carbocycles. The van der Waals surface area contributed by atoms with E-state index >= 15 is 0 Å². The fraction of sp³-hybridized carbons (Fsp3) is 0.600. The second-order valence-corrected chi connectivity index (χ2v) is 5.93. The number of carbonyl (C=O) groups excluding carboxylic acids is 1. The molecule has 2 amide bonds. The molecular formula is C15H18F5N3O3. The van der Waals surface area contributed by atoms with Crippen LogP contribution in [0.5, 0.6) is 5.88 Å². The molecule has 6 nitrogen and oxygen atoms in total. The van der Waals surface area contributed by atoms with Crippen molar-refractivity contribution in [2.75, 3.05) is 0 Å². The van der Waals surface area contributed by atoms with E-state index in [1.165, 1.54) is 18.3 Å². The molecule has 1 fully saturated rings. The van der Waals surface area contributed by atoms with Crippen LogP contribution in [0.4, 0.5) is 26.7 Å². The maximum Gasteiger partial charge on any atom is 0.419 e. The molecule has 26 heavy (non-hydrogen) atoms. The molecular weight excluding hydrogens is 365 g/mol. The number of aromatic nitrogens is 1. The van der Waals surface area contributed by atoms with Crippen molar-refractivity contribution < 1.29 is 36.6 Å². The predicted molar refractivity (Wildman–Crippen MR) is 79.5 cm³/mol. The summed E-state index contributed by atoms with van der Waals surface area (Å²) in [4.78, 5) is 15.5. The summed E-state index contributed by atoms with van der Waals surface area (Å²) in [6.45, 7) is -3.20. The van der Waals surface area contributed by atoms with Gasteiger partial charge in [0.15, 0.2) is 5.60 Å². The number of hydrogen-bond acceptors (Lipinski definition) is 4. The van der Waals surface area contributed by atoms with Crippen LogP contribution in [0, 0.1) is 0 Å². The lowest BCUT2D eigenvalue weighted by molar-refractivity contribution is -0.277. The van der Waals surface area contributed by atoms with Crippen molar-refractivity contribution in [3.63, 3.8) is 0 Å². The second kappa shape index (κ2) is 8.02. The Labute approximate surface area is 145 Å². The van der Waals surface area contributed by atoms with Gasteiger partial charge in [-0.3, -0.25) is 0 Å². The Morgan fingerprint density at radius 1 is 1.42 bits per heavy atom. The van der Waals surface area contributed by atoms with Crippen molar-refractivity contribution in [3.05, 3.63) is 23.9 Å².